The van der Waals surface area contributed by atoms with Crippen LogP contribution in [0.4, 0.5) is 21.0 Å². The van der Waals surface area contributed by atoms with Crippen molar-refractivity contribution in [2.75, 3.05) is 26.2 Å². The van der Waals surface area contributed by atoms with Crippen molar-refractivity contribution < 1.29 is 53.5 Å². The van der Waals surface area contributed by atoms with Gasteiger partial charge >= 0.3 is 18.2 Å². The molecule has 1 unspecified atom stereocenters. The molecule has 6 rings (SSSR count). The van der Waals surface area contributed by atoms with Gasteiger partial charge in [0.25, 0.3) is 11.4 Å². The number of rotatable bonds is 11. The summed E-state index contributed by atoms with van der Waals surface area (Å²) < 4.78 is 11.0. The molecule has 2 aromatic rings. The Balaban J connectivity index is 1.15. The lowest BCUT2D eigenvalue weighted by Crippen LogP contribution is -2.63. The molecule has 4 aliphatic rings. The number of carboxylic acid groups (broad SMARTS) is 1. The second kappa shape index (κ2) is 16.1. The minimum Gasteiger partial charge on any atom is -0.477 e. The van der Waals surface area contributed by atoms with Gasteiger partial charge in [0.15, 0.2) is 0 Å². The number of hydrogen-bond donors (Lipinski definition) is 2. The first-order valence-electron chi connectivity index (χ1n) is 17.8. The number of nitro groups is 2. The zero-order valence-corrected chi connectivity index (χ0v) is 31.4. The number of carboxylic acids is 1. The van der Waals surface area contributed by atoms with E-state index in [9.17, 15) is 54.4 Å². The van der Waals surface area contributed by atoms with Crippen molar-refractivity contribution in [1.82, 2.24) is 19.6 Å². The van der Waals surface area contributed by atoms with Crippen molar-refractivity contribution in [3.05, 3.63) is 90.5 Å². The Bertz CT molecular complexity index is 1960. The van der Waals surface area contributed by atoms with E-state index in [2.05, 4.69) is 0 Å². The lowest BCUT2D eigenvalue weighted by atomic mass is 9.79. The van der Waals surface area contributed by atoms with E-state index in [1.807, 2.05) is 0 Å². The number of carbonyl (C=O) groups excluding carboxylic acids is 4. The number of nitro benzene ring substituents is 2. The molecule has 56 heavy (non-hydrogen) atoms. The average Bonchev–Trinajstić information content (AvgIpc) is 3.69. The van der Waals surface area contributed by atoms with Crippen LogP contribution >= 0.6 is 11.8 Å². The predicted octanol–water partition coefficient (Wildman–Crippen LogP) is 3.34. The SMILES string of the molecule is CC1CN(C(=O)OCc2ccc([N+](=O)[O-])cc2)CCN1C(=O)[C@@H]1C[C@H](SC2=C(C(=O)O)N3C(=O)[C@H]([C@@H](C)O)[C@H]3[C@H]2C)CN1C(=O)OCc1ccc([N+](=O)[O-])cc1. The van der Waals surface area contributed by atoms with Gasteiger partial charge in [-0.05, 0) is 55.7 Å². The number of fused-ring (bicyclic) bond motifs is 1. The third kappa shape index (κ3) is 7.83. The van der Waals surface area contributed by atoms with Crippen LogP contribution in [0.1, 0.15) is 38.3 Å². The highest BCUT2D eigenvalue weighted by molar-refractivity contribution is 8.03. The van der Waals surface area contributed by atoms with Gasteiger partial charge in [0.2, 0.25) is 11.8 Å². The number of hydrogen-bond acceptors (Lipinski definition) is 13. The molecule has 3 saturated heterocycles. The molecule has 19 nitrogen and oxygen atoms in total. The number of aliphatic hydroxyl groups is 1. The van der Waals surface area contributed by atoms with Crippen LogP contribution in [-0.2, 0) is 37.1 Å². The summed E-state index contributed by atoms with van der Waals surface area (Å²) in [5.41, 5.74) is 0.611. The maximum atomic E-state index is 14.3. The number of piperazine rings is 1. The summed E-state index contributed by atoms with van der Waals surface area (Å²) in [5.74, 6) is -3.40. The van der Waals surface area contributed by atoms with Crippen LogP contribution in [0.5, 0.6) is 0 Å². The summed E-state index contributed by atoms with van der Waals surface area (Å²) in [6, 6.07) is 8.95. The Morgan fingerprint density at radius 2 is 1.43 bits per heavy atom. The first-order chi connectivity index (χ1) is 26.6. The average molecular weight is 797 g/mol. The fraction of sp³-hybridized carbons (Fsp3) is 0.472. The van der Waals surface area contributed by atoms with E-state index >= 15 is 0 Å². The van der Waals surface area contributed by atoms with E-state index in [1.54, 1.807) is 18.7 Å². The highest BCUT2D eigenvalue weighted by atomic mass is 32.2. The number of β-lactam (4-membered cyclic amide) rings is 1. The lowest BCUT2D eigenvalue weighted by Gasteiger charge is -2.46. The summed E-state index contributed by atoms with van der Waals surface area (Å²) in [6.45, 7) is 4.98. The number of amides is 4. The fourth-order valence-corrected chi connectivity index (χ4v) is 9.24. The van der Waals surface area contributed by atoms with E-state index in [1.165, 1.54) is 81.9 Å². The molecule has 0 spiro atoms. The van der Waals surface area contributed by atoms with Gasteiger partial charge in [-0.25, -0.2) is 14.4 Å². The van der Waals surface area contributed by atoms with Crippen LogP contribution in [0.25, 0.3) is 0 Å². The van der Waals surface area contributed by atoms with Crippen LogP contribution in [-0.4, -0.2) is 125 Å². The highest BCUT2D eigenvalue weighted by Crippen LogP contribution is 2.52. The molecule has 298 valence electrons. The first kappa shape index (κ1) is 39.9. The Morgan fingerprint density at radius 3 is 1.93 bits per heavy atom. The maximum absolute atomic E-state index is 14.3. The quantitative estimate of drug-likeness (QED) is 0.188. The topological polar surface area (TPSA) is 244 Å². The van der Waals surface area contributed by atoms with E-state index < -0.39 is 81.1 Å². The second-order valence-corrected chi connectivity index (χ2v) is 15.5. The molecule has 0 aromatic heterocycles. The largest absolute Gasteiger partial charge is 0.477 e. The zero-order chi connectivity index (χ0) is 40.6. The molecule has 0 aliphatic carbocycles. The van der Waals surface area contributed by atoms with Gasteiger partial charge in [-0.2, -0.15) is 0 Å². The molecule has 20 heteroatoms. The van der Waals surface area contributed by atoms with Gasteiger partial charge in [-0.1, -0.05) is 6.92 Å². The number of likely N-dealkylation sites (tertiary alicyclic amines) is 1. The molecule has 3 fully saturated rings. The van der Waals surface area contributed by atoms with Crippen LogP contribution in [0.2, 0.25) is 0 Å². The van der Waals surface area contributed by atoms with Gasteiger partial charge in [0.05, 0.1) is 27.9 Å². The first-order valence-corrected chi connectivity index (χ1v) is 18.7. The highest BCUT2D eigenvalue weighted by Gasteiger charge is 2.60. The predicted molar refractivity (Wildman–Crippen MR) is 195 cm³/mol. The van der Waals surface area contributed by atoms with E-state index in [-0.39, 0.29) is 62.9 Å². The van der Waals surface area contributed by atoms with Crippen molar-refractivity contribution in [2.24, 2.45) is 11.8 Å². The van der Waals surface area contributed by atoms with Crippen LogP contribution < -0.4 is 0 Å². The lowest BCUT2D eigenvalue weighted by molar-refractivity contribution is -0.385. The fourth-order valence-electron chi connectivity index (χ4n) is 7.71. The van der Waals surface area contributed by atoms with Crippen molar-refractivity contribution in [3.8, 4) is 0 Å². The van der Waals surface area contributed by atoms with Crippen molar-refractivity contribution in [3.63, 3.8) is 0 Å². The molecule has 4 aliphatic heterocycles. The van der Waals surface area contributed by atoms with Crippen LogP contribution in [0.3, 0.4) is 0 Å². The molecule has 2 N–H and O–H groups in total. The summed E-state index contributed by atoms with van der Waals surface area (Å²) in [4.78, 5) is 93.1. The van der Waals surface area contributed by atoms with E-state index in [4.69, 9.17) is 9.47 Å². The van der Waals surface area contributed by atoms with Gasteiger partial charge < -0.3 is 34.4 Å². The van der Waals surface area contributed by atoms with E-state index in [0.29, 0.717) is 16.0 Å². The molecule has 4 amide bonds. The number of benzene rings is 2. The van der Waals surface area contributed by atoms with Crippen molar-refractivity contribution >= 4 is 53.1 Å². The van der Waals surface area contributed by atoms with Crippen molar-refractivity contribution in [2.45, 2.75) is 69.9 Å². The normalized spacial score (nSPS) is 25.0. The summed E-state index contributed by atoms with van der Waals surface area (Å²) in [5, 5.41) is 41.9. The summed E-state index contributed by atoms with van der Waals surface area (Å²) >= 11 is 1.18. The minimum absolute atomic E-state index is 0.00888. The molecule has 0 bridgehead atoms. The number of aliphatic hydroxyl groups excluding tert-OH is 1. The van der Waals surface area contributed by atoms with Crippen LogP contribution in [0.15, 0.2) is 59.1 Å². The Morgan fingerprint density at radius 1 is 0.875 bits per heavy atom. The second-order valence-electron chi connectivity index (χ2n) is 14.2. The van der Waals surface area contributed by atoms with E-state index in [0.717, 1.165) is 0 Å². The number of carbonyl (C=O) groups is 5. The van der Waals surface area contributed by atoms with Gasteiger partial charge in [0.1, 0.15) is 25.0 Å². The molecular weight excluding hydrogens is 756 g/mol. The molecule has 4 heterocycles. The van der Waals surface area contributed by atoms with Gasteiger partial charge in [-0.3, -0.25) is 34.7 Å². The monoisotopic (exact) mass is 796 g/mol. The number of nitrogens with zero attached hydrogens (tertiary/aromatic N) is 6. The number of ether oxygens (including phenoxy) is 2. The summed E-state index contributed by atoms with van der Waals surface area (Å²) in [7, 11) is 0. The molecule has 0 saturated carbocycles. The number of thioether (sulfide) groups is 1. The van der Waals surface area contributed by atoms with Crippen molar-refractivity contribution in [1.29, 1.82) is 0 Å². The Hall–Kier alpha value is -5.76. The van der Waals surface area contributed by atoms with Gasteiger partial charge in [-0.15, -0.1) is 11.8 Å². The maximum Gasteiger partial charge on any atom is 0.410 e. The standard InChI is InChI=1S/C36H40N6O13S/c1-19-15-37(35(48)54-17-22-4-8-24(9-5-22)41(50)51)12-13-38(19)32(44)27-14-26(16-39(27)36(49)55-18-23-6-10-25(11-7-23)42(52)53)56-31-20(2)29-28(21(3)43)33(45)40(29)30(31)34(46)47/h4-11,19-21,26-29,43H,12-18H2,1-3H3,(H,46,47)/t19?,20-,21-,26+,27+,28-,29-/m1/s1. The number of aliphatic carboxylic acids is 1. The molecule has 0 radical (unpaired) electrons. The summed E-state index contributed by atoms with van der Waals surface area (Å²) in [6.07, 6.45) is -2.34. The Labute approximate surface area is 324 Å². The zero-order valence-electron chi connectivity index (χ0n) is 30.6. The Kier molecular flexibility index (Phi) is 11.5. The molecule has 2 aromatic carbocycles. The third-order valence-corrected chi connectivity index (χ3v) is 12.1. The third-order valence-electron chi connectivity index (χ3n) is 10.6. The van der Waals surface area contributed by atoms with Crippen LogP contribution in [0, 0.1) is 32.1 Å². The number of non-ortho nitro benzene ring substituents is 2. The molecular formula is C36H40N6O13S. The van der Waals surface area contributed by atoms with Gasteiger partial charge in [0, 0.05) is 72.6 Å². The molecule has 7 atom stereocenters. The minimum atomic E-state index is -1.30. The smallest absolute Gasteiger partial charge is 0.410 e.